The summed E-state index contributed by atoms with van der Waals surface area (Å²) in [6.07, 6.45) is -3.46. The number of carbonyl (C=O) groups excluding carboxylic acids is 2. The molecule has 0 aliphatic carbocycles. The van der Waals surface area contributed by atoms with Crippen LogP contribution >= 0.6 is 31.9 Å². The Morgan fingerprint density at radius 3 is 1.58 bits per heavy atom. The van der Waals surface area contributed by atoms with Gasteiger partial charge in [0.1, 0.15) is 84.7 Å². The zero-order valence-electron chi connectivity index (χ0n) is 34.3. The van der Waals surface area contributed by atoms with Gasteiger partial charge in [-0.2, -0.15) is 0 Å². The fourth-order valence-electron chi connectivity index (χ4n) is 5.97. The molecule has 2 aliphatic rings. The van der Waals surface area contributed by atoms with Gasteiger partial charge >= 0.3 is 23.2 Å². The lowest BCUT2D eigenvalue weighted by atomic mass is 9.99. The Kier molecular flexibility index (Phi) is 21.6. The summed E-state index contributed by atoms with van der Waals surface area (Å²) in [6, 6.07) is 8.28. The van der Waals surface area contributed by atoms with E-state index in [2.05, 4.69) is 48.4 Å². The van der Waals surface area contributed by atoms with Crippen LogP contribution in [-0.4, -0.2) is 143 Å². The van der Waals surface area contributed by atoms with Crippen LogP contribution in [-0.2, 0) is 41.8 Å². The van der Waals surface area contributed by atoms with E-state index >= 15 is 0 Å². The number of halogens is 2. The van der Waals surface area contributed by atoms with Crippen LogP contribution < -0.4 is 16.0 Å². The van der Waals surface area contributed by atoms with E-state index in [-0.39, 0.29) is 60.6 Å². The third-order valence-electron chi connectivity index (χ3n) is 9.46. The largest absolute Gasteiger partial charge is 0.507 e. The Morgan fingerprint density at radius 2 is 1.09 bits per heavy atom. The molecule has 22 nitrogen and oxygen atoms in total. The smallest absolute Gasteiger partial charge is 0.336 e. The molecule has 66 heavy (non-hydrogen) atoms. The molecular weight excluding hydrogens is 1020 g/mol. The summed E-state index contributed by atoms with van der Waals surface area (Å²) in [4.78, 5) is 46.6. The van der Waals surface area contributed by atoms with E-state index in [1.165, 1.54) is 24.3 Å². The van der Waals surface area contributed by atoms with Gasteiger partial charge in [0.05, 0.1) is 35.0 Å². The number of ether oxygens (including phenoxy) is 5. The van der Waals surface area contributed by atoms with Crippen LogP contribution in [0.2, 0.25) is 0 Å². The van der Waals surface area contributed by atoms with Gasteiger partial charge < -0.3 is 89.1 Å². The average Bonchev–Trinajstić information content (AvgIpc) is 3.27. The number of aliphatic hydroxyl groups is 9. The number of phenols is 1. The van der Waals surface area contributed by atoms with E-state index < -0.39 is 97.8 Å². The number of fused-ring (bicyclic) bond motifs is 2. The van der Waals surface area contributed by atoms with Gasteiger partial charge in [-0.05, 0) is 44.0 Å². The van der Waals surface area contributed by atoms with Crippen LogP contribution in [0, 0.1) is 24.7 Å². The summed E-state index contributed by atoms with van der Waals surface area (Å²) in [7, 11) is 0. The summed E-state index contributed by atoms with van der Waals surface area (Å²) < 4.78 is 36.8. The molecule has 2 saturated heterocycles. The predicted molar refractivity (Wildman–Crippen MR) is 232 cm³/mol. The van der Waals surface area contributed by atoms with Crippen LogP contribution in [0.3, 0.4) is 0 Å². The monoisotopic (exact) mass is 1060 g/mol. The highest BCUT2D eigenvalue weighted by Crippen LogP contribution is 2.35. The van der Waals surface area contributed by atoms with Crippen molar-refractivity contribution >= 4 is 65.7 Å². The number of aromatic hydroxyl groups is 1. The zero-order valence-corrected chi connectivity index (χ0v) is 37.4. The number of hydrogen-bond acceptors (Lipinski definition) is 21. The summed E-state index contributed by atoms with van der Waals surface area (Å²) in [5, 5.41) is 94.6. The van der Waals surface area contributed by atoms with Crippen molar-refractivity contribution in [3.63, 3.8) is 0 Å². The van der Waals surface area contributed by atoms with E-state index in [0.717, 1.165) is 0 Å². The van der Waals surface area contributed by atoms with E-state index in [9.17, 15) is 44.7 Å². The molecule has 0 bridgehead atoms. The average molecular weight is 1060 g/mol. The van der Waals surface area contributed by atoms with Crippen molar-refractivity contribution in [1.82, 2.24) is 0 Å². The molecule has 360 valence electrons. The SMILES string of the molecule is C#CCCC(=O)OCc1cc(=O)oc2cc(O)c(Br)cc12.C#CCCC(=O)OCc1cc(=O)oc2cc(O[C@@H]3O[C@H](CO)[C@H](O)[C@H](O)[C@@H]3O)c(Br)cc12.O.OC[C@H]1O[C@@H](O)[C@@H](O)[C@@H](O)[C@H]1O. The normalized spacial score (nSPS) is 24.5. The molecule has 4 aromatic rings. The number of aliphatic hydroxyl groups excluding tert-OH is 9. The van der Waals surface area contributed by atoms with Gasteiger partial charge in [-0.15, -0.1) is 24.7 Å². The summed E-state index contributed by atoms with van der Waals surface area (Å²) in [6.45, 7) is -1.38. The second-order valence-electron chi connectivity index (χ2n) is 14.0. The molecule has 2 fully saturated rings. The van der Waals surface area contributed by atoms with Crippen LogP contribution in [0.1, 0.15) is 36.8 Å². The van der Waals surface area contributed by atoms with E-state index in [1.807, 2.05) is 0 Å². The summed E-state index contributed by atoms with van der Waals surface area (Å²) in [5.74, 6) is 3.79. The fraction of sp³-hybridized carbons (Fsp3) is 0.429. The maximum Gasteiger partial charge on any atom is 0.336 e. The molecule has 4 heterocycles. The predicted octanol–water partition coefficient (Wildman–Crippen LogP) is -1.14. The number of esters is 2. The molecule has 24 heteroatoms. The Bertz CT molecular complexity index is 2470. The van der Waals surface area contributed by atoms with Gasteiger partial charge in [0.2, 0.25) is 6.29 Å². The molecule has 0 radical (unpaired) electrons. The Morgan fingerprint density at radius 1 is 0.636 bits per heavy atom. The van der Waals surface area contributed by atoms with Crippen molar-refractivity contribution in [2.24, 2.45) is 0 Å². The van der Waals surface area contributed by atoms with Crippen molar-refractivity contribution in [3.8, 4) is 36.2 Å². The fourth-order valence-corrected chi connectivity index (χ4v) is 6.75. The van der Waals surface area contributed by atoms with Crippen molar-refractivity contribution in [1.29, 1.82) is 0 Å². The van der Waals surface area contributed by atoms with Gasteiger partial charge in [-0.3, -0.25) is 9.59 Å². The number of rotatable bonds is 12. The number of benzene rings is 2. The second kappa shape index (κ2) is 25.8. The molecule has 0 amide bonds. The molecule has 2 aromatic carbocycles. The molecule has 2 aliphatic heterocycles. The van der Waals surface area contributed by atoms with Crippen LogP contribution in [0.4, 0.5) is 0 Å². The Labute approximate surface area is 390 Å². The Hall–Kier alpha value is -5.00. The minimum Gasteiger partial charge on any atom is -0.507 e. The lowest BCUT2D eigenvalue weighted by Gasteiger charge is -2.39. The lowest BCUT2D eigenvalue weighted by molar-refractivity contribution is -0.286. The second-order valence-corrected chi connectivity index (χ2v) is 15.7. The molecular formula is C42H46Br2O22. The first kappa shape index (κ1) is 55.3. The van der Waals surface area contributed by atoms with Crippen molar-refractivity contribution in [2.45, 2.75) is 100 Å². The first-order valence-corrected chi connectivity index (χ1v) is 20.8. The molecule has 0 saturated carbocycles. The maximum atomic E-state index is 12.0. The molecule has 0 spiro atoms. The highest BCUT2D eigenvalue weighted by Gasteiger charge is 2.45. The van der Waals surface area contributed by atoms with Crippen LogP contribution in [0.15, 0.2) is 63.8 Å². The number of phenolic OH excluding ortho intramolecular Hbond substituents is 1. The number of hydrogen-bond donors (Lipinski definition) is 10. The Balaban J connectivity index is 0.000000291. The van der Waals surface area contributed by atoms with Gasteiger partial charge in [0, 0.05) is 59.0 Å². The zero-order chi connectivity index (χ0) is 48.1. The minimum atomic E-state index is -1.61. The molecule has 2 aromatic heterocycles. The van der Waals surface area contributed by atoms with Gasteiger partial charge in [0.25, 0.3) is 0 Å². The highest BCUT2D eigenvalue weighted by molar-refractivity contribution is 9.11. The standard InChI is InChI=1S/C21H21BrO10.C15H11BrO5.C6H12O6.H2O/c1-2-3-4-16(24)29-9-10-5-17(25)30-13-7-14(12(22)6-11(10)13)31-21-20(28)19(27)18(26)15(8-23)32-21;1-2-3-4-14(18)20-8-9-5-15(19)21-13-7-12(17)11(16)6-10(9)13;7-1-2-3(8)4(9)5(10)6(11)12-2;/h1,5-7,15,18-21,23,26-28H,3-4,8-9H2;1,5-7,17H,3-4,8H2;2-11H,1H2;1H2/t15-,18+,19+,20+,21-;;2-,3+,4+,5+,6-;/m1.1./s1. The number of terminal acetylenes is 2. The minimum absolute atomic E-state index is 0. The summed E-state index contributed by atoms with van der Waals surface area (Å²) in [5.41, 5.74) is -0.0542. The third-order valence-corrected chi connectivity index (χ3v) is 10.7. The topological polar surface area (TPSA) is 375 Å². The van der Waals surface area contributed by atoms with Gasteiger partial charge in [0.15, 0.2) is 6.29 Å². The van der Waals surface area contributed by atoms with Crippen LogP contribution in [0.5, 0.6) is 11.5 Å². The highest BCUT2D eigenvalue weighted by atomic mass is 79.9. The molecule has 12 N–H and O–H groups in total. The summed E-state index contributed by atoms with van der Waals surface area (Å²) >= 11 is 6.50. The lowest BCUT2D eigenvalue weighted by Crippen LogP contribution is -2.60. The van der Waals surface area contributed by atoms with E-state index in [1.54, 1.807) is 12.1 Å². The first-order valence-electron chi connectivity index (χ1n) is 19.2. The van der Waals surface area contributed by atoms with E-state index in [0.29, 0.717) is 37.3 Å². The quantitative estimate of drug-likeness (QED) is 0.0455. The number of carbonyl (C=O) groups is 2. The third kappa shape index (κ3) is 14.5. The first-order chi connectivity index (χ1) is 30.8. The van der Waals surface area contributed by atoms with E-state index in [4.69, 9.17) is 66.2 Å². The van der Waals surface area contributed by atoms with Crippen molar-refractivity contribution in [3.05, 3.63) is 77.3 Å². The molecule has 10 atom stereocenters. The van der Waals surface area contributed by atoms with Crippen molar-refractivity contribution in [2.75, 3.05) is 13.2 Å². The van der Waals surface area contributed by atoms with Crippen LogP contribution in [0.25, 0.3) is 21.9 Å². The molecule has 6 rings (SSSR count). The van der Waals surface area contributed by atoms with Gasteiger partial charge in [-0.25, -0.2) is 9.59 Å². The van der Waals surface area contributed by atoms with Gasteiger partial charge in [-0.1, -0.05) is 0 Å². The molecule has 0 unspecified atom stereocenters. The van der Waals surface area contributed by atoms with Crippen molar-refractivity contribution < 1.29 is 98.6 Å². The maximum absolute atomic E-state index is 12.0.